The molecule has 30 heavy (non-hydrogen) atoms. The monoisotopic (exact) mass is 423 g/mol. The van der Waals surface area contributed by atoms with Gasteiger partial charge in [0.15, 0.2) is 0 Å². The lowest BCUT2D eigenvalue weighted by Crippen LogP contribution is -2.40. The number of hydrogen-bond acceptors (Lipinski definition) is 6. The van der Waals surface area contributed by atoms with Gasteiger partial charge in [-0.3, -0.25) is 4.79 Å². The summed E-state index contributed by atoms with van der Waals surface area (Å²) >= 11 is 1.36. The number of hydrogen-bond donors (Lipinski definition) is 0. The lowest BCUT2D eigenvalue weighted by Gasteiger charge is -2.29. The van der Waals surface area contributed by atoms with Crippen LogP contribution in [0.5, 0.6) is 5.75 Å². The van der Waals surface area contributed by atoms with Gasteiger partial charge in [-0.2, -0.15) is 4.68 Å². The van der Waals surface area contributed by atoms with Crippen molar-refractivity contribution in [3.63, 3.8) is 0 Å². The minimum Gasteiger partial charge on any atom is -0.497 e. The molecule has 1 aromatic heterocycles. The highest BCUT2D eigenvalue weighted by atomic mass is 32.2. The van der Waals surface area contributed by atoms with E-state index in [9.17, 15) is 4.79 Å². The second-order valence-corrected chi connectivity index (χ2v) is 8.39. The second-order valence-electron chi connectivity index (χ2n) is 7.45. The van der Waals surface area contributed by atoms with Gasteiger partial charge in [-0.25, -0.2) is 0 Å². The van der Waals surface area contributed by atoms with Crippen LogP contribution in [0.15, 0.2) is 59.8 Å². The van der Waals surface area contributed by atoms with E-state index in [-0.39, 0.29) is 11.9 Å². The third-order valence-corrected chi connectivity index (χ3v) is 6.30. The molecule has 0 radical (unpaired) electrons. The van der Waals surface area contributed by atoms with E-state index in [0.717, 1.165) is 17.0 Å². The number of ether oxygens (including phenoxy) is 1. The van der Waals surface area contributed by atoms with Crippen LogP contribution in [0, 0.1) is 5.92 Å². The molecule has 0 aliphatic heterocycles. The Kier molecular flexibility index (Phi) is 6.32. The first kappa shape index (κ1) is 20.4. The van der Waals surface area contributed by atoms with Crippen LogP contribution in [0.25, 0.3) is 5.69 Å². The molecule has 1 heterocycles. The van der Waals surface area contributed by atoms with Gasteiger partial charge in [-0.1, -0.05) is 42.1 Å². The van der Waals surface area contributed by atoms with Crippen LogP contribution in [0.1, 0.15) is 25.3 Å². The highest BCUT2D eigenvalue weighted by Gasteiger charge is 2.34. The fraction of sp³-hybridized carbons (Fsp3) is 0.364. The average molecular weight is 424 g/mol. The number of methoxy groups -OCH3 is 1. The molecule has 2 aromatic carbocycles. The van der Waals surface area contributed by atoms with Crippen molar-refractivity contribution in [3.8, 4) is 11.4 Å². The van der Waals surface area contributed by atoms with Gasteiger partial charge in [0.2, 0.25) is 11.1 Å². The number of benzene rings is 2. The smallest absolute Gasteiger partial charge is 0.233 e. The summed E-state index contributed by atoms with van der Waals surface area (Å²) in [5.74, 6) is 1.77. The van der Waals surface area contributed by atoms with E-state index in [2.05, 4.69) is 34.6 Å². The van der Waals surface area contributed by atoms with Gasteiger partial charge < -0.3 is 9.64 Å². The van der Waals surface area contributed by atoms with Crippen LogP contribution < -0.4 is 4.74 Å². The lowest BCUT2D eigenvalue weighted by molar-refractivity contribution is -0.131. The molecule has 0 bridgehead atoms. The Hall–Kier alpha value is -2.87. The molecule has 1 saturated carbocycles. The summed E-state index contributed by atoms with van der Waals surface area (Å²) in [6.45, 7) is 2.78. The molecule has 0 N–H and O–H groups in total. The highest BCUT2D eigenvalue weighted by Crippen LogP contribution is 2.36. The molecule has 1 unspecified atom stereocenters. The lowest BCUT2D eigenvalue weighted by atomic mass is 10.1. The zero-order valence-corrected chi connectivity index (χ0v) is 18.0. The molecule has 1 atom stereocenters. The SMILES string of the molecule is COc1ccc(-n2nnnc2SCC(=O)N(Cc2ccccc2)C(C)C2CC2)cc1. The summed E-state index contributed by atoms with van der Waals surface area (Å²) in [6, 6.07) is 17.9. The zero-order chi connectivity index (χ0) is 20.9. The number of rotatable bonds is 9. The van der Waals surface area contributed by atoms with Crippen molar-refractivity contribution in [3.05, 3.63) is 60.2 Å². The fourth-order valence-electron chi connectivity index (χ4n) is 3.44. The maximum absolute atomic E-state index is 13.2. The van der Waals surface area contributed by atoms with Crippen LogP contribution in [0.4, 0.5) is 0 Å². The Labute approximate surface area is 180 Å². The van der Waals surface area contributed by atoms with Crippen molar-refractivity contribution in [2.24, 2.45) is 5.92 Å². The highest BCUT2D eigenvalue weighted by molar-refractivity contribution is 7.99. The summed E-state index contributed by atoms with van der Waals surface area (Å²) in [6.07, 6.45) is 2.39. The normalized spacial score (nSPS) is 14.3. The van der Waals surface area contributed by atoms with E-state index in [1.54, 1.807) is 11.8 Å². The molecule has 3 aromatic rings. The van der Waals surface area contributed by atoms with Gasteiger partial charge in [-0.15, -0.1) is 5.10 Å². The van der Waals surface area contributed by atoms with E-state index >= 15 is 0 Å². The molecule has 4 rings (SSSR count). The van der Waals surface area contributed by atoms with Gasteiger partial charge in [-0.05, 0) is 65.9 Å². The first-order chi connectivity index (χ1) is 14.7. The predicted octanol–water partition coefficient (Wildman–Crippen LogP) is 3.59. The molecule has 1 aliphatic carbocycles. The molecule has 1 aliphatic rings. The van der Waals surface area contributed by atoms with Crippen LogP contribution in [-0.2, 0) is 11.3 Å². The number of carbonyl (C=O) groups excluding carboxylic acids is 1. The maximum atomic E-state index is 13.2. The third-order valence-electron chi connectivity index (χ3n) is 5.39. The number of aromatic nitrogens is 4. The van der Waals surface area contributed by atoms with E-state index in [1.807, 2.05) is 47.4 Å². The van der Waals surface area contributed by atoms with Crippen LogP contribution in [0.2, 0.25) is 0 Å². The van der Waals surface area contributed by atoms with Crippen molar-refractivity contribution in [2.45, 2.75) is 37.5 Å². The number of carbonyl (C=O) groups is 1. The summed E-state index contributed by atoms with van der Waals surface area (Å²) in [5.41, 5.74) is 1.97. The number of tetrazole rings is 1. The summed E-state index contributed by atoms with van der Waals surface area (Å²) < 4.78 is 6.84. The van der Waals surface area contributed by atoms with Gasteiger partial charge >= 0.3 is 0 Å². The average Bonchev–Trinajstić information content (AvgIpc) is 3.54. The third kappa shape index (κ3) is 4.81. The summed E-state index contributed by atoms with van der Waals surface area (Å²) in [5, 5.41) is 12.6. The molecule has 156 valence electrons. The Morgan fingerprint density at radius 1 is 1.20 bits per heavy atom. The summed E-state index contributed by atoms with van der Waals surface area (Å²) in [4.78, 5) is 15.2. The second kappa shape index (κ2) is 9.30. The molecular weight excluding hydrogens is 398 g/mol. The minimum atomic E-state index is 0.104. The van der Waals surface area contributed by atoms with Crippen molar-refractivity contribution >= 4 is 17.7 Å². The Morgan fingerprint density at radius 2 is 1.93 bits per heavy atom. The molecule has 7 nitrogen and oxygen atoms in total. The first-order valence-corrected chi connectivity index (χ1v) is 11.0. The van der Waals surface area contributed by atoms with Gasteiger partial charge in [0.25, 0.3) is 0 Å². The van der Waals surface area contributed by atoms with Gasteiger partial charge in [0, 0.05) is 12.6 Å². The predicted molar refractivity (Wildman–Crippen MR) is 116 cm³/mol. The van der Waals surface area contributed by atoms with E-state index < -0.39 is 0 Å². The van der Waals surface area contributed by atoms with Crippen LogP contribution in [-0.4, -0.2) is 49.9 Å². The summed E-state index contributed by atoms with van der Waals surface area (Å²) in [7, 11) is 1.63. The number of nitrogens with zero attached hydrogens (tertiary/aromatic N) is 5. The molecule has 1 fully saturated rings. The molecule has 0 saturated heterocycles. The maximum Gasteiger partial charge on any atom is 0.233 e. The van der Waals surface area contributed by atoms with Crippen LogP contribution in [0.3, 0.4) is 0 Å². The number of thioether (sulfide) groups is 1. The quantitative estimate of drug-likeness (QED) is 0.490. The molecular formula is C22H25N5O2S. The topological polar surface area (TPSA) is 73.1 Å². The van der Waals surface area contributed by atoms with Crippen molar-refractivity contribution in [1.82, 2.24) is 25.1 Å². The molecule has 0 spiro atoms. The zero-order valence-electron chi connectivity index (χ0n) is 17.1. The Balaban J connectivity index is 1.45. The largest absolute Gasteiger partial charge is 0.497 e. The first-order valence-electron chi connectivity index (χ1n) is 10.0. The van der Waals surface area contributed by atoms with Crippen molar-refractivity contribution in [1.29, 1.82) is 0 Å². The molecule has 1 amide bonds. The molecule has 8 heteroatoms. The van der Waals surface area contributed by atoms with Crippen LogP contribution >= 0.6 is 11.8 Å². The van der Waals surface area contributed by atoms with E-state index in [1.165, 1.54) is 24.6 Å². The van der Waals surface area contributed by atoms with Crippen molar-refractivity contribution in [2.75, 3.05) is 12.9 Å². The van der Waals surface area contributed by atoms with Gasteiger partial charge in [0.1, 0.15) is 5.75 Å². The van der Waals surface area contributed by atoms with Crippen molar-refractivity contribution < 1.29 is 9.53 Å². The van der Waals surface area contributed by atoms with Gasteiger partial charge in [0.05, 0.1) is 18.6 Å². The Bertz CT molecular complexity index is 973. The van der Waals surface area contributed by atoms with E-state index in [4.69, 9.17) is 4.74 Å². The standard InChI is InChI=1S/C22H25N5O2S/c1-16(18-8-9-18)26(14-17-6-4-3-5-7-17)21(28)15-30-22-23-24-25-27(22)19-10-12-20(29-2)13-11-19/h3-7,10-13,16,18H,8-9,14-15H2,1-2H3. The number of amides is 1. The minimum absolute atomic E-state index is 0.104. The fourth-order valence-corrected chi connectivity index (χ4v) is 4.21. The Morgan fingerprint density at radius 3 is 2.60 bits per heavy atom. The van der Waals surface area contributed by atoms with E-state index in [0.29, 0.717) is 23.4 Å².